The Morgan fingerprint density at radius 3 is 1.84 bits per heavy atom. The SMILES string of the molecule is C[P+](CCOC(=O)N[C@@H](Cc1ccccc1)C(=O)O)(c1ccccc1)c1ccccc1. The predicted octanol–water partition coefficient (Wildman–Crippen LogP) is 3.71. The van der Waals surface area contributed by atoms with Crippen molar-refractivity contribution in [3.8, 4) is 0 Å². The Morgan fingerprint density at radius 2 is 1.35 bits per heavy atom. The van der Waals surface area contributed by atoms with E-state index in [9.17, 15) is 14.7 Å². The van der Waals surface area contributed by atoms with Gasteiger partial charge in [-0.05, 0) is 29.8 Å². The quantitative estimate of drug-likeness (QED) is 0.502. The number of carbonyl (C=O) groups excluding carboxylic acids is 1. The Kier molecular flexibility index (Phi) is 7.80. The van der Waals surface area contributed by atoms with Gasteiger partial charge in [0, 0.05) is 6.42 Å². The molecule has 0 aliphatic rings. The average molecular weight is 436 g/mol. The fourth-order valence-corrected chi connectivity index (χ4v) is 6.41. The molecule has 0 fully saturated rings. The number of carbonyl (C=O) groups is 2. The van der Waals surface area contributed by atoms with Crippen LogP contribution in [0, 0.1) is 0 Å². The predicted molar refractivity (Wildman–Crippen MR) is 126 cm³/mol. The fraction of sp³-hybridized carbons (Fsp3) is 0.200. The molecule has 0 aromatic heterocycles. The van der Waals surface area contributed by atoms with E-state index in [4.69, 9.17) is 4.74 Å². The van der Waals surface area contributed by atoms with Crippen LogP contribution >= 0.6 is 7.26 Å². The molecule has 1 atom stereocenters. The molecule has 0 saturated carbocycles. The van der Waals surface area contributed by atoms with Gasteiger partial charge in [0.15, 0.2) is 0 Å². The van der Waals surface area contributed by atoms with Gasteiger partial charge >= 0.3 is 12.1 Å². The van der Waals surface area contributed by atoms with Crippen molar-refractivity contribution >= 4 is 29.9 Å². The molecule has 3 rings (SSSR count). The summed E-state index contributed by atoms with van der Waals surface area (Å²) in [5, 5.41) is 14.4. The maximum absolute atomic E-state index is 12.3. The summed E-state index contributed by atoms with van der Waals surface area (Å²) in [4.78, 5) is 23.9. The van der Waals surface area contributed by atoms with Crippen LogP contribution in [-0.2, 0) is 16.0 Å². The monoisotopic (exact) mass is 436 g/mol. The Morgan fingerprint density at radius 1 is 0.871 bits per heavy atom. The van der Waals surface area contributed by atoms with Crippen molar-refractivity contribution < 1.29 is 19.4 Å². The molecule has 0 radical (unpaired) electrons. The van der Waals surface area contributed by atoms with E-state index in [1.54, 1.807) is 0 Å². The van der Waals surface area contributed by atoms with Gasteiger partial charge in [0.1, 0.15) is 18.8 Å². The van der Waals surface area contributed by atoms with Crippen molar-refractivity contribution in [1.82, 2.24) is 5.32 Å². The van der Waals surface area contributed by atoms with Gasteiger partial charge in [-0.2, -0.15) is 0 Å². The number of carboxylic acids is 1. The number of ether oxygens (including phenoxy) is 1. The summed E-state index contributed by atoms with van der Waals surface area (Å²) in [6.45, 7) is 2.44. The third kappa shape index (κ3) is 6.16. The second kappa shape index (κ2) is 10.7. The third-order valence-electron chi connectivity index (χ3n) is 5.30. The van der Waals surface area contributed by atoms with Crippen molar-refractivity contribution in [3.05, 3.63) is 96.6 Å². The van der Waals surface area contributed by atoms with Gasteiger partial charge in [-0.25, -0.2) is 9.59 Å². The maximum atomic E-state index is 12.3. The normalized spacial score (nSPS) is 12.0. The van der Waals surface area contributed by atoms with Crippen LogP contribution in [-0.4, -0.2) is 42.6 Å². The Balaban J connectivity index is 1.63. The number of rotatable bonds is 9. The highest BCUT2D eigenvalue weighted by molar-refractivity contribution is 7.88. The first kappa shape index (κ1) is 22.5. The topological polar surface area (TPSA) is 75.6 Å². The van der Waals surface area contributed by atoms with Crippen LogP contribution in [0.3, 0.4) is 0 Å². The summed E-state index contributed by atoms with van der Waals surface area (Å²) in [5.74, 6) is -1.09. The Hall–Kier alpha value is -3.17. The molecular formula is C25H27NO4P+. The van der Waals surface area contributed by atoms with Crippen molar-refractivity contribution in [2.45, 2.75) is 12.5 Å². The number of carboxylic acid groups (broad SMARTS) is 1. The number of benzene rings is 3. The molecule has 0 saturated heterocycles. The van der Waals surface area contributed by atoms with E-state index >= 15 is 0 Å². The summed E-state index contributed by atoms with van der Waals surface area (Å²) in [5.41, 5.74) is 0.835. The van der Waals surface area contributed by atoms with E-state index in [-0.39, 0.29) is 13.0 Å². The largest absolute Gasteiger partial charge is 0.480 e. The number of aliphatic carboxylic acids is 1. The number of hydrogen-bond donors (Lipinski definition) is 2. The zero-order valence-electron chi connectivity index (χ0n) is 17.5. The standard InChI is InChI=1S/C25H26NO4P/c1-31(21-13-7-3-8-14-21,22-15-9-4-10-16-22)18-17-30-25(29)26-23(24(27)28)19-20-11-5-2-6-12-20/h2-16,23H,17-19H2,1H3,(H-,26,27,28,29)/p+1/t23-/m0/s1. The van der Waals surface area contributed by atoms with Gasteiger partial charge in [0.2, 0.25) is 0 Å². The number of alkyl carbamates (subject to hydrolysis) is 1. The highest BCUT2D eigenvalue weighted by Gasteiger charge is 2.37. The lowest BCUT2D eigenvalue weighted by atomic mass is 10.1. The molecule has 0 bridgehead atoms. The lowest BCUT2D eigenvalue weighted by molar-refractivity contribution is -0.139. The molecule has 1 amide bonds. The molecule has 3 aromatic rings. The molecule has 160 valence electrons. The van der Waals surface area contributed by atoms with Gasteiger partial charge in [0.25, 0.3) is 0 Å². The molecular weight excluding hydrogens is 409 g/mol. The summed E-state index contributed by atoms with van der Waals surface area (Å²) < 4.78 is 5.41. The molecule has 0 unspecified atom stereocenters. The number of amides is 1. The van der Waals surface area contributed by atoms with Crippen molar-refractivity contribution in [3.63, 3.8) is 0 Å². The van der Waals surface area contributed by atoms with Gasteiger partial charge in [-0.15, -0.1) is 0 Å². The first-order valence-corrected chi connectivity index (χ1v) is 12.6. The lowest BCUT2D eigenvalue weighted by Crippen LogP contribution is -2.43. The summed E-state index contributed by atoms with van der Waals surface area (Å²) >= 11 is 0. The summed E-state index contributed by atoms with van der Waals surface area (Å²) in [7, 11) is -1.76. The molecule has 31 heavy (non-hydrogen) atoms. The van der Waals surface area contributed by atoms with Crippen molar-refractivity contribution in [1.29, 1.82) is 0 Å². The smallest absolute Gasteiger partial charge is 0.407 e. The second-order valence-electron chi connectivity index (χ2n) is 7.45. The molecule has 6 heteroatoms. The average Bonchev–Trinajstić information content (AvgIpc) is 2.80. The van der Waals surface area contributed by atoms with Gasteiger partial charge in [-0.3, -0.25) is 0 Å². The van der Waals surface area contributed by atoms with E-state index in [2.05, 4.69) is 36.2 Å². The summed E-state index contributed by atoms with van der Waals surface area (Å²) in [6, 6.07) is 28.7. The first-order valence-electron chi connectivity index (χ1n) is 10.2. The molecule has 0 heterocycles. The maximum Gasteiger partial charge on any atom is 0.407 e. The minimum atomic E-state index is -1.76. The van der Waals surface area contributed by atoms with Crippen LogP contribution < -0.4 is 15.9 Å². The molecule has 0 spiro atoms. The van der Waals surface area contributed by atoms with Crippen LogP contribution in [0.25, 0.3) is 0 Å². The van der Waals surface area contributed by atoms with Crippen LogP contribution in [0.2, 0.25) is 0 Å². The molecule has 0 aliphatic heterocycles. The van der Waals surface area contributed by atoms with Crippen LogP contribution in [0.1, 0.15) is 5.56 Å². The van der Waals surface area contributed by atoms with E-state index in [0.717, 1.165) is 5.56 Å². The van der Waals surface area contributed by atoms with Gasteiger partial charge < -0.3 is 15.2 Å². The van der Waals surface area contributed by atoms with Crippen LogP contribution in [0.15, 0.2) is 91.0 Å². The molecule has 2 N–H and O–H groups in total. The molecule has 5 nitrogen and oxygen atoms in total. The zero-order valence-corrected chi connectivity index (χ0v) is 18.4. The first-order chi connectivity index (χ1) is 15.0. The van der Waals surface area contributed by atoms with Crippen LogP contribution in [0.4, 0.5) is 4.79 Å². The van der Waals surface area contributed by atoms with Crippen molar-refractivity contribution in [2.75, 3.05) is 19.4 Å². The zero-order chi connectivity index (χ0) is 22.1. The Labute approximate surface area is 183 Å². The number of nitrogens with one attached hydrogen (secondary N) is 1. The minimum absolute atomic E-state index is 0.198. The van der Waals surface area contributed by atoms with E-state index in [1.165, 1.54) is 10.6 Å². The Bertz CT molecular complexity index is 941. The third-order valence-corrected chi connectivity index (χ3v) is 9.25. The van der Waals surface area contributed by atoms with E-state index in [0.29, 0.717) is 6.16 Å². The van der Waals surface area contributed by atoms with Gasteiger partial charge in [-0.1, -0.05) is 66.7 Å². The van der Waals surface area contributed by atoms with Gasteiger partial charge in [0.05, 0.1) is 24.5 Å². The second-order valence-corrected chi connectivity index (χ2v) is 11.3. The minimum Gasteiger partial charge on any atom is -0.480 e. The molecule has 0 aliphatic carbocycles. The highest BCUT2D eigenvalue weighted by atomic mass is 31.2. The van der Waals surface area contributed by atoms with E-state index in [1.807, 2.05) is 66.7 Å². The van der Waals surface area contributed by atoms with Crippen LogP contribution in [0.5, 0.6) is 0 Å². The highest BCUT2D eigenvalue weighted by Crippen LogP contribution is 2.52. The van der Waals surface area contributed by atoms with E-state index < -0.39 is 25.4 Å². The molecule has 3 aromatic carbocycles. The fourth-order valence-electron chi connectivity index (χ4n) is 3.48. The number of hydrogen-bond acceptors (Lipinski definition) is 3. The van der Waals surface area contributed by atoms with Crippen molar-refractivity contribution in [2.24, 2.45) is 0 Å². The summed E-state index contributed by atoms with van der Waals surface area (Å²) in [6.07, 6.45) is 0.158. The lowest BCUT2D eigenvalue weighted by Gasteiger charge is -2.23.